The van der Waals surface area contributed by atoms with E-state index in [0.29, 0.717) is 5.92 Å². The summed E-state index contributed by atoms with van der Waals surface area (Å²) in [7, 11) is 0. The largest absolute Gasteiger partial charge is 0.481 e. The van der Waals surface area contributed by atoms with E-state index in [0.717, 1.165) is 19.3 Å². The van der Waals surface area contributed by atoms with Crippen molar-refractivity contribution in [1.29, 1.82) is 0 Å². The SMILES string of the molecule is C[C@H]1CCC(C(=O)O)C1. The van der Waals surface area contributed by atoms with Gasteiger partial charge in [-0.25, -0.2) is 0 Å². The van der Waals surface area contributed by atoms with Crippen LogP contribution in [0.4, 0.5) is 0 Å². The van der Waals surface area contributed by atoms with Gasteiger partial charge in [0.15, 0.2) is 0 Å². The van der Waals surface area contributed by atoms with Gasteiger partial charge in [-0.2, -0.15) is 0 Å². The molecule has 1 fully saturated rings. The molecule has 0 bridgehead atoms. The first-order valence-corrected chi connectivity index (χ1v) is 3.43. The molecule has 0 aliphatic heterocycles. The van der Waals surface area contributed by atoms with E-state index in [1.165, 1.54) is 0 Å². The van der Waals surface area contributed by atoms with Crippen LogP contribution in [0, 0.1) is 11.8 Å². The summed E-state index contributed by atoms with van der Waals surface area (Å²) in [5.74, 6) is -0.0227. The third-order valence-corrected chi connectivity index (χ3v) is 2.04. The van der Waals surface area contributed by atoms with Gasteiger partial charge in [0, 0.05) is 0 Å². The van der Waals surface area contributed by atoms with Gasteiger partial charge in [0.1, 0.15) is 0 Å². The summed E-state index contributed by atoms with van der Waals surface area (Å²) in [6, 6.07) is 0. The van der Waals surface area contributed by atoms with Crippen LogP contribution in [0.3, 0.4) is 0 Å². The molecular weight excluding hydrogens is 116 g/mol. The Labute approximate surface area is 54.9 Å². The second kappa shape index (κ2) is 2.38. The average molecular weight is 128 g/mol. The Balaban J connectivity index is 2.39. The van der Waals surface area contributed by atoms with Crippen molar-refractivity contribution >= 4 is 5.97 Å². The van der Waals surface area contributed by atoms with Gasteiger partial charge in [-0.1, -0.05) is 6.92 Å². The molecule has 9 heavy (non-hydrogen) atoms. The van der Waals surface area contributed by atoms with Crippen LogP contribution in [-0.4, -0.2) is 11.1 Å². The zero-order valence-corrected chi connectivity index (χ0v) is 5.63. The van der Waals surface area contributed by atoms with Crippen LogP contribution in [0.5, 0.6) is 0 Å². The first-order valence-electron chi connectivity index (χ1n) is 3.43. The predicted molar refractivity (Wildman–Crippen MR) is 34.1 cm³/mol. The molecule has 1 rings (SSSR count). The van der Waals surface area contributed by atoms with Gasteiger partial charge in [0.2, 0.25) is 0 Å². The molecule has 0 aromatic carbocycles. The van der Waals surface area contributed by atoms with Gasteiger partial charge < -0.3 is 5.11 Å². The Hall–Kier alpha value is -0.530. The fourth-order valence-electron chi connectivity index (χ4n) is 1.43. The molecule has 52 valence electrons. The van der Waals surface area contributed by atoms with Gasteiger partial charge in [-0.3, -0.25) is 4.79 Å². The molecule has 2 nitrogen and oxygen atoms in total. The second-order valence-electron chi connectivity index (χ2n) is 2.95. The Morgan fingerprint density at radius 3 is 2.44 bits per heavy atom. The monoisotopic (exact) mass is 128 g/mol. The Morgan fingerprint density at radius 2 is 2.22 bits per heavy atom. The van der Waals surface area contributed by atoms with Crippen molar-refractivity contribution in [2.24, 2.45) is 11.8 Å². The highest BCUT2D eigenvalue weighted by Crippen LogP contribution is 2.29. The standard InChI is InChI=1S/C7H12O2/c1-5-2-3-6(4-5)7(8)9/h5-6H,2-4H2,1H3,(H,8,9)/t5-,6?/m0/s1. The molecule has 0 radical (unpaired) electrons. The highest BCUT2D eigenvalue weighted by molar-refractivity contribution is 5.70. The molecule has 0 aromatic rings. The summed E-state index contributed by atoms with van der Waals surface area (Å²) in [5, 5.41) is 8.53. The summed E-state index contributed by atoms with van der Waals surface area (Å²) in [4.78, 5) is 10.3. The maximum absolute atomic E-state index is 10.3. The number of carbonyl (C=O) groups is 1. The zero-order valence-electron chi connectivity index (χ0n) is 5.63. The Kier molecular flexibility index (Phi) is 1.74. The van der Waals surface area contributed by atoms with E-state index in [2.05, 4.69) is 6.92 Å². The highest BCUT2D eigenvalue weighted by atomic mass is 16.4. The maximum atomic E-state index is 10.3. The summed E-state index contributed by atoms with van der Waals surface area (Å²) in [6.45, 7) is 2.11. The molecule has 0 amide bonds. The van der Waals surface area contributed by atoms with E-state index in [4.69, 9.17) is 5.11 Å². The van der Waals surface area contributed by atoms with Crippen molar-refractivity contribution in [2.75, 3.05) is 0 Å². The van der Waals surface area contributed by atoms with Crippen LogP contribution in [0.2, 0.25) is 0 Å². The van der Waals surface area contributed by atoms with Gasteiger partial charge in [0.25, 0.3) is 0 Å². The van der Waals surface area contributed by atoms with Crippen molar-refractivity contribution < 1.29 is 9.90 Å². The number of aliphatic carboxylic acids is 1. The molecule has 2 heteroatoms. The van der Waals surface area contributed by atoms with Gasteiger partial charge in [-0.05, 0) is 25.2 Å². The topological polar surface area (TPSA) is 37.3 Å². The van der Waals surface area contributed by atoms with Gasteiger partial charge in [-0.15, -0.1) is 0 Å². The van der Waals surface area contributed by atoms with Crippen LogP contribution in [0.15, 0.2) is 0 Å². The quantitative estimate of drug-likeness (QED) is 0.581. The van der Waals surface area contributed by atoms with Crippen molar-refractivity contribution in [3.05, 3.63) is 0 Å². The third kappa shape index (κ3) is 1.44. The summed E-state index contributed by atoms with van der Waals surface area (Å²) in [6.07, 6.45) is 2.86. The Bertz CT molecular complexity index is 120. The molecule has 2 atom stereocenters. The number of hydrogen-bond donors (Lipinski definition) is 1. The van der Waals surface area contributed by atoms with E-state index in [9.17, 15) is 4.79 Å². The Morgan fingerprint density at radius 1 is 1.56 bits per heavy atom. The molecule has 1 saturated carbocycles. The van der Waals surface area contributed by atoms with E-state index < -0.39 is 5.97 Å². The first kappa shape index (κ1) is 6.59. The number of carboxylic acid groups (broad SMARTS) is 1. The van der Waals surface area contributed by atoms with Crippen molar-refractivity contribution in [3.63, 3.8) is 0 Å². The predicted octanol–water partition coefficient (Wildman–Crippen LogP) is 1.51. The summed E-state index contributed by atoms with van der Waals surface area (Å²) in [5.41, 5.74) is 0. The van der Waals surface area contributed by atoms with Crippen molar-refractivity contribution in [1.82, 2.24) is 0 Å². The lowest BCUT2D eigenvalue weighted by molar-refractivity contribution is -0.141. The third-order valence-electron chi connectivity index (χ3n) is 2.04. The molecule has 0 heterocycles. The summed E-state index contributed by atoms with van der Waals surface area (Å²) >= 11 is 0. The van der Waals surface area contributed by atoms with Gasteiger partial charge in [0.05, 0.1) is 5.92 Å². The minimum atomic E-state index is -0.612. The fraction of sp³-hybridized carbons (Fsp3) is 0.857. The van der Waals surface area contributed by atoms with Gasteiger partial charge >= 0.3 is 5.97 Å². The zero-order chi connectivity index (χ0) is 6.85. The minimum Gasteiger partial charge on any atom is -0.481 e. The van der Waals surface area contributed by atoms with E-state index in [1.807, 2.05) is 0 Å². The van der Waals surface area contributed by atoms with Crippen LogP contribution < -0.4 is 0 Å². The molecule has 0 saturated heterocycles. The van der Waals surface area contributed by atoms with Crippen LogP contribution in [0.1, 0.15) is 26.2 Å². The van der Waals surface area contributed by atoms with Crippen molar-refractivity contribution in [3.8, 4) is 0 Å². The molecule has 1 N–H and O–H groups in total. The van der Waals surface area contributed by atoms with E-state index in [1.54, 1.807) is 0 Å². The highest BCUT2D eigenvalue weighted by Gasteiger charge is 2.26. The minimum absolute atomic E-state index is 0.0417. The lowest BCUT2D eigenvalue weighted by Gasteiger charge is -1.99. The average Bonchev–Trinajstić information content (AvgIpc) is 2.14. The first-order chi connectivity index (χ1) is 4.20. The molecular formula is C7H12O2. The molecule has 1 unspecified atom stereocenters. The van der Waals surface area contributed by atoms with Crippen LogP contribution in [-0.2, 0) is 4.79 Å². The van der Waals surface area contributed by atoms with Crippen LogP contribution >= 0.6 is 0 Å². The van der Waals surface area contributed by atoms with E-state index in [-0.39, 0.29) is 5.92 Å². The molecule has 0 aromatic heterocycles. The van der Waals surface area contributed by atoms with Crippen LogP contribution in [0.25, 0.3) is 0 Å². The smallest absolute Gasteiger partial charge is 0.306 e. The second-order valence-corrected chi connectivity index (χ2v) is 2.95. The van der Waals surface area contributed by atoms with E-state index >= 15 is 0 Å². The molecule has 1 aliphatic carbocycles. The summed E-state index contributed by atoms with van der Waals surface area (Å²) < 4.78 is 0. The maximum Gasteiger partial charge on any atom is 0.306 e. The number of rotatable bonds is 1. The number of carboxylic acids is 1. The molecule has 1 aliphatic rings. The lowest BCUT2D eigenvalue weighted by atomic mass is 10.1. The number of hydrogen-bond acceptors (Lipinski definition) is 1. The molecule has 0 spiro atoms. The lowest BCUT2D eigenvalue weighted by Crippen LogP contribution is -2.08. The fourth-order valence-corrected chi connectivity index (χ4v) is 1.43. The van der Waals surface area contributed by atoms with Crippen molar-refractivity contribution in [2.45, 2.75) is 26.2 Å². The normalized spacial score (nSPS) is 34.8.